The van der Waals surface area contributed by atoms with Gasteiger partial charge in [-0.2, -0.15) is 8.78 Å². The number of pyridine rings is 1. The fraction of sp³-hybridized carbons (Fsp3) is 0.200. The number of nitrogens with one attached hydrogen (secondary N) is 1. The zero-order valence-electron chi connectivity index (χ0n) is 14.8. The Morgan fingerprint density at radius 3 is 2.67 bits per heavy atom. The maximum absolute atomic E-state index is 12.7. The first-order valence-corrected chi connectivity index (χ1v) is 8.24. The van der Waals surface area contributed by atoms with E-state index in [2.05, 4.69) is 15.0 Å². The van der Waals surface area contributed by atoms with Crippen molar-refractivity contribution in [2.45, 2.75) is 20.1 Å². The minimum Gasteiger partial charge on any atom is -0.493 e. The summed E-state index contributed by atoms with van der Waals surface area (Å²) in [6.45, 7) is -0.900. The molecule has 0 aliphatic rings. The normalized spacial score (nSPS) is 10.9. The number of nitrogens with zero attached hydrogens (tertiary/aromatic N) is 1. The highest BCUT2D eigenvalue weighted by Gasteiger charge is 2.14. The number of hydrogen-bond acceptors (Lipinski definition) is 4. The molecule has 0 fully saturated rings. The van der Waals surface area contributed by atoms with Crippen LogP contribution in [0.1, 0.15) is 21.6 Å². The lowest BCUT2D eigenvalue weighted by Crippen LogP contribution is -2.23. The molecule has 1 amide bonds. The Labute approximate surface area is 154 Å². The van der Waals surface area contributed by atoms with Crippen molar-refractivity contribution >= 4 is 16.8 Å². The Hall–Kier alpha value is -3.22. The van der Waals surface area contributed by atoms with Gasteiger partial charge >= 0.3 is 6.61 Å². The van der Waals surface area contributed by atoms with E-state index in [4.69, 9.17) is 4.74 Å². The first-order valence-electron chi connectivity index (χ1n) is 8.24. The number of amides is 1. The van der Waals surface area contributed by atoms with Crippen LogP contribution in [0.2, 0.25) is 0 Å². The molecule has 27 heavy (non-hydrogen) atoms. The summed E-state index contributed by atoms with van der Waals surface area (Å²) in [6, 6.07) is 13.7. The number of carbonyl (C=O) groups is 1. The average molecular weight is 372 g/mol. The lowest BCUT2D eigenvalue weighted by Gasteiger charge is -2.12. The number of halogens is 2. The molecule has 2 aromatic carbocycles. The number of para-hydroxylation sites is 1. The fourth-order valence-electron chi connectivity index (χ4n) is 2.79. The van der Waals surface area contributed by atoms with Crippen LogP contribution in [0, 0.1) is 6.92 Å². The van der Waals surface area contributed by atoms with Crippen LogP contribution < -0.4 is 14.8 Å². The molecule has 0 bridgehead atoms. The number of ether oxygens (including phenoxy) is 2. The number of aromatic nitrogens is 1. The van der Waals surface area contributed by atoms with Crippen LogP contribution in [0.25, 0.3) is 10.9 Å². The Kier molecular flexibility index (Phi) is 5.49. The molecule has 1 aromatic heterocycles. The van der Waals surface area contributed by atoms with Crippen LogP contribution in [0.3, 0.4) is 0 Å². The number of alkyl halides is 2. The van der Waals surface area contributed by atoms with E-state index in [9.17, 15) is 13.6 Å². The summed E-state index contributed by atoms with van der Waals surface area (Å²) >= 11 is 0. The van der Waals surface area contributed by atoms with Crippen LogP contribution in [-0.4, -0.2) is 24.6 Å². The lowest BCUT2D eigenvalue weighted by atomic mass is 10.1. The highest BCUT2D eigenvalue weighted by atomic mass is 19.3. The largest absolute Gasteiger partial charge is 0.493 e. The summed E-state index contributed by atoms with van der Waals surface area (Å²) in [5, 5.41) is 3.60. The van der Waals surface area contributed by atoms with Gasteiger partial charge in [0.15, 0.2) is 11.5 Å². The molecule has 3 rings (SSSR count). The van der Waals surface area contributed by atoms with E-state index in [1.807, 2.05) is 31.2 Å². The second-order valence-electron chi connectivity index (χ2n) is 5.87. The Morgan fingerprint density at radius 2 is 1.93 bits per heavy atom. The van der Waals surface area contributed by atoms with Crippen molar-refractivity contribution in [3.05, 3.63) is 65.4 Å². The third kappa shape index (κ3) is 4.31. The first kappa shape index (κ1) is 18.6. The number of hydrogen-bond donors (Lipinski definition) is 1. The van der Waals surface area contributed by atoms with E-state index in [0.29, 0.717) is 11.1 Å². The van der Waals surface area contributed by atoms with Crippen molar-refractivity contribution in [3.8, 4) is 11.5 Å². The molecule has 0 aliphatic heterocycles. The standard InChI is InChI=1S/C20H18F2N2O3/c1-12-9-15(14-5-3-4-6-16(14)24-12)19(25)23-11-13-7-8-17(27-20(21)22)18(10-13)26-2/h3-10,20H,11H2,1-2H3,(H,23,25). The van der Waals surface area contributed by atoms with Crippen molar-refractivity contribution in [3.63, 3.8) is 0 Å². The second kappa shape index (κ2) is 7.99. The summed E-state index contributed by atoms with van der Waals surface area (Å²) in [6.07, 6.45) is 0. The Balaban J connectivity index is 1.78. The number of fused-ring (bicyclic) bond motifs is 1. The van der Waals surface area contributed by atoms with E-state index in [1.165, 1.54) is 13.2 Å². The van der Waals surface area contributed by atoms with Crippen LogP contribution in [0.4, 0.5) is 8.78 Å². The van der Waals surface area contributed by atoms with Crippen molar-refractivity contribution in [1.82, 2.24) is 10.3 Å². The molecule has 0 aliphatic carbocycles. The summed E-state index contributed by atoms with van der Waals surface area (Å²) in [5.41, 5.74) is 2.71. The van der Waals surface area contributed by atoms with Gasteiger partial charge in [0.05, 0.1) is 18.2 Å². The number of benzene rings is 2. The van der Waals surface area contributed by atoms with E-state index in [0.717, 1.165) is 16.6 Å². The summed E-state index contributed by atoms with van der Waals surface area (Å²) in [7, 11) is 1.36. The van der Waals surface area contributed by atoms with Gasteiger partial charge < -0.3 is 14.8 Å². The van der Waals surface area contributed by atoms with Crippen LogP contribution in [0.15, 0.2) is 48.5 Å². The van der Waals surface area contributed by atoms with Gasteiger partial charge in [0.25, 0.3) is 5.91 Å². The van der Waals surface area contributed by atoms with Gasteiger partial charge in [-0.1, -0.05) is 24.3 Å². The van der Waals surface area contributed by atoms with Crippen LogP contribution >= 0.6 is 0 Å². The molecule has 0 saturated carbocycles. The monoisotopic (exact) mass is 372 g/mol. The minimum absolute atomic E-state index is 0.0571. The summed E-state index contributed by atoms with van der Waals surface area (Å²) in [4.78, 5) is 17.1. The van der Waals surface area contributed by atoms with E-state index >= 15 is 0 Å². The lowest BCUT2D eigenvalue weighted by molar-refractivity contribution is -0.0512. The molecule has 5 nitrogen and oxygen atoms in total. The molecular weight excluding hydrogens is 354 g/mol. The number of carbonyl (C=O) groups excluding carboxylic acids is 1. The molecule has 0 atom stereocenters. The van der Waals surface area contributed by atoms with E-state index in [-0.39, 0.29) is 24.0 Å². The molecule has 3 aromatic rings. The quantitative estimate of drug-likeness (QED) is 0.708. The van der Waals surface area contributed by atoms with Crippen molar-refractivity contribution in [1.29, 1.82) is 0 Å². The van der Waals surface area contributed by atoms with Gasteiger partial charge in [-0.3, -0.25) is 9.78 Å². The zero-order valence-corrected chi connectivity index (χ0v) is 14.8. The highest BCUT2D eigenvalue weighted by Crippen LogP contribution is 2.29. The molecule has 0 saturated heterocycles. The molecule has 1 heterocycles. The van der Waals surface area contributed by atoms with Gasteiger partial charge in [0, 0.05) is 17.6 Å². The maximum Gasteiger partial charge on any atom is 0.387 e. The third-order valence-electron chi connectivity index (χ3n) is 3.99. The molecule has 0 radical (unpaired) electrons. The highest BCUT2D eigenvalue weighted by molar-refractivity contribution is 6.06. The SMILES string of the molecule is COc1cc(CNC(=O)c2cc(C)nc3ccccc23)ccc1OC(F)F. The molecule has 0 unspecified atom stereocenters. The zero-order chi connectivity index (χ0) is 19.4. The van der Waals surface area contributed by atoms with Crippen molar-refractivity contribution in [2.24, 2.45) is 0 Å². The molecule has 0 spiro atoms. The molecule has 7 heteroatoms. The van der Waals surface area contributed by atoms with Crippen molar-refractivity contribution < 1.29 is 23.0 Å². The third-order valence-corrected chi connectivity index (χ3v) is 3.99. The van der Waals surface area contributed by atoms with E-state index in [1.54, 1.807) is 18.2 Å². The van der Waals surface area contributed by atoms with Gasteiger partial charge in [-0.05, 0) is 36.8 Å². The van der Waals surface area contributed by atoms with Gasteiger partial charge in [-0.25, -0.2) is 0 Å². The molecule has 1 N–H and O–H groups in total. The number of rotatable bonds is 6. The first-order chi connectivity index (χ1) is 13.0. The fourth-order valence-corrected chi connectivity index (χ4v) is 2.79. The van der Waals surface area contributed by atoms with Crippen LogP contribution in [0.5, 0.6) is 11.5 Å². The molecule has 140 valence electrons. The molecular formula is C20H18F2N2O3. The Morgan fingerprint density at radius 1 is 1.15 bits per heavy atom. The minimum atomic E-state index is -2.94. The predicted octanol–water partition coefficient (Wildman–Crippen LogP) is 4.08. The smallest absolute Gasteiger partial charge is 0.387 e. The Bertz CT molecular complexity index is 977. The van der Waals surface area contributed by atoms with Gasteiger partial charge in [0.1, 0.15) is 0 Å². The van der Waals surface area contributed by atoms with E-state index < -0.39 is 6.61 Å². The number of methoxy groups -OCH3 is 1. The van der Waals surface area contributed by atoms with Crippen molar-refractivity contribution in [2.75, 3.05) is 7.11 Å². The van der Waals surface area contributed by atoms with Gasteiger partial charge in [0.2, 0.25) is 0 Å². The predicted molar refractivity (Wildman–Crippen MR) is 97.3 cm³/mol. The maximum atomic E-state index is 12.7. The van der Waals surface area contributed by atoms with Gasteiger partial charge in [-0.15, -0.1) is 0 Å². The second-order valence-corrected chi connectivity index (χ2v) is 5.87. The summed E-state index contributed by atoms with van der Waals surface area (Å²) in [5.74, 6) is -0.130. The van der Waals surface area contributed by atoms with Crippen LogP contribution in [-0.2, 0) is 6.54 Å². The number of aryl methyl sites for hydroxylation is 1. The summed E-state index contributed by atoms with van der Waals surface area (Å²) < 4.78 is 34.3. The average Bonchev–Trinajstić information content (AvgIpc) is 2.65. The topological polar surface area (TPSA) is 60.5 Å².